The van der Waals surface area contributed by atoms with Crippen LogP contribution in [0.25, 0.3) is 0 Å². The molecular formula is C17H29NO. The molecule has 1 aromatic rings. The first-order valence-corrected chi connectivity index (χ1v) is 7.67. The van der Waals surface area contributed by atoms with Crippen LogP contribution in [-0.4, -0.2) is 17.8 Å². The zero-order valence-corrected chi connectivity index (χ0v) is 12.7. The monoisotopic (exact) mass is 263 g/mol. The number of hydrogen-bond donors (Lipinski definition) is 2. The van der Waals surface area contributed by atoms with E-state index in [9.17, 15) is 5.11 Å². The van der Waals surface area contributed by atoms with Gasteiger partial charge in [-0.1, -0.05) is 44.5 Å². The fourth-order valence-corrected chi connectivity index (χ4v) is 2.14. The lowest BCUT2D eigenvalue weighted by molar-refractivity contribution is 0.159. The number of aliphatic hydroxyl groups is 1. The molecule has 0 saturated heterocycles. The number of aryl methyl sites for hydroxylation is 1. The highest BCUT2D eigenvalue weighted by atomic mass is 16.3. The normalized spacial score (nSPS) is 14.3. The van der Waals surface area contributed by atoms with Crippen LogP contribution in [0.15, 0.2) is 24.3 Å². The molecular weight excluding hydrogens is 234 g/mol. The third kappa shape index (κ3) is 6.22. The SMILES string of the molecule is CCCCc1ccc(C(C)NCCC(O)CC)cc1. The van der Waals surface area contributed by atoms with E-state index in [1.807, 2.05) is 6.92 Å². The van der Waals surface area contributed by atoms with Crippen LogP contribution in [0, 0.1) is 0 Å². The first-order valence-electron chi connectivity index (χ1n) is 7.67. The van der Waals surface area contributed by atoms with E-state index >= 15 is 0 Å². The predicted octanol–water partition coefficient (Wildman–Crippen LogP) is 3.84. The van der Waals surface area contributed by atoms with Crippen LogP contribution in [0.5, 0.6) is 0 Å². The molecule has 2 N–H and O–H groups in total. The van der Waals surface area contributed by atoms with Gasteiger partial charge in [-0.15, -0.1) is 0 Å². The third-order valence-electron chi connectivity index (χ3n) is 3.70. The van der Waals surface area contributed by atoms with Gasteiger partial charge in [0, 0.05) is 6.04 Å². The lowest BCUT2D eigenvalue weighted by atomic mass is 10.0. The number of aliphatic hydroxyl groups excluding tert-OH is 1. The van der Waals surface area contributed by atoms with Crippen molar-refractivity contribution in [2.45, 2.75) is 65.0 Å². The van der Waals surface area contributed by atoms with Crippen molar-refractivity contribution in [2.24, 2.45) is 0 Å². The zero-order chi connectivity index (χ0) is 14.1. The van der Waals surface area contributed by atoms with Gasteiger partial charge in [0.15, 0.2) is 0 Å². The largest absolute Gasteiger partial charge is 0.393 e. The topological polar surface area (TPSA) is 32.3 Å². The summed E-state index contributed by atoms with van der Waals surface area (Å²) in [5.74, 6) is 0. The van der Waals surface area contributed by atoms with Gasteiger partial charge in [-0.2, -0.15) is 0 Å². The van der Waals surface area contributed by atoms with E-state index in [4.69, 9.17) is 0 Å². The molecule has 0 aliphatic rings. The molecule has 0 spiro atoms. The van der Waals surface area contributed by atoms with Gasteiger partial charge in [0.25, 0.3) is 0 Å². The molecule has 108 valence electrons. The molecule has 0 fully saturated rings. The summed E-state index contributed by atoms with van der Waals surface area (Å²) in [6, 6.07) is 9.27. The van der Waals surface area contributed by atoms with Crippen LogP contribution in [0.2, 0.25) is 0 Å². The smallest absolute Gasteiger partial charge is 0.0549 e. The first-order chi connectivity index (χ1) is 9.17. The van der Waals surface area contributed by atoms with E-state index in [-0.39, 0.29) is 6.10 Å². The van der Waals surface area contributed by atoms with Gasteiger partial charge in [-0.05, 0) is 50.3 Å². The maximum Gasteiger partial charge on any atom is 0.0549 e. The quantitative estimate of drug-likeness (QED) is 0.709. The molecule has 2 heteroatoms. The van der Waals surface area contributed by atoms with Crippen LogP contribution < -0.4 is 5.32 Å². The number of nitrogens with one attached hydrogen (secondary N) is 1. The summed E-state index contributed by atoms with van der Waals surface area (Å²) in [6.45, 7) is 7.29. The minimum atomic E-state index is -0.170. The Morgan fingerprint density at radius 3 is 2.42 bits per heavy atom. The van der Waals surface area contributed by atoms with Gasteiger partial charge in [0.2, 0.25) is 0 Å². The van der Waals surface area contributed by atoms with Crippen LogP contribution in [0.1, 0.15) is 63.6 Å². The second-order valence-electron chi connectivity index (χ2n) is 5.37. The second-order valence-corrected chi connectivity index (χ2v) is 5.37. The minimum Gasteiger partial charge on any atom is -0.393 e. The van der Waals surface area contributed by atoms with Gasteiger partial charge >= 0.3 is 0 Å². The van der Waals surface area contributed by atoms with Crippen molar-refractivity contribution in [3.63, 3.8) is 0 Å². The number of unbranched alkanes of at least 4 members (excludes halogenated alkanes) is 1. The summed E-state index contributed by atoms with van der Waals surface area (Å²) in [6.07, 6.45) is 5.19. The standard InChI is InChI=1S/C17H29NO/c1-4-6-7-15-8-10-16(11-9-15)14(3)18-13-12-17(19)5-2/h8-11,14,17-19H,4-7,12-13H2,1-3H3. The Balaban J connectivity index is 2.37. The van der Waals surface area contributed by atoms with Crippen molar-refractivity contribution in [3.8, 4) is 0 Å². The molecule has 1 aromatic carbocycles. The van der Waals surface area contributed by atoms with E-state index in [1.54, 1.807) is 0 Å². The Hall–Kier alpha value is -0.860. The fourth-order valence-electron chi connectivity index (χ4n) is 2.14. The fraction of sp³-hybridized carbons (Fsp3) is 0.647. The Morgan fingerprint density at radius 2 is 1.84 bits per heavy atom. The van der Waals surface area contributed by atoms with Gasteiger partial charge in [0.05, 0.1) is 6.10 Å². The van der Waals surface area contributed by atoms with Crippen LogP contribution >= 0.6 is 0 Å². The lowest BCUT2D eigenvalue weighted by Crippen LogP contribution is -2.23. The highest BCUT2D eigenvalue weighted by molar-refractivity contribution is 5.24. The van der Waals surface area contributed by atoms with Crippen molar-refractivity contribution < 1.29 is 5.11 Å². The number of benzene rings is 1. The summed E-state index contributed by atoms with van der Waals surface area (Å²) in [4.78, 5) is 0. The third-order valence-corrected chi connectivity index (χ3v) is 3.70. The number of hydrogen-bond acceptors (Lipinski definition) is 2. The van der Waals surface area contributed by atoms with E-state index in [0.717, 1.165) is 19.4 Å². The molecule has 2 atom stereocenters. The van der Waals surface area contributed by atoms with Gasteiger partial charge < -0.3 is 10.4 Å². The van der Waals surface area contributed by atoms with E-state index in [0.29, 0.717) is 6.04 Å². The molecule has 0 bridgehead atoms. The molecule has 19 heavy (non-hydrogen) atoms. The molecule has 0 radical (unpaired) electrons. The Morgan fingerprint density at radius 1 is 1.16 bits per heavy atom. The zero-order valence-electron chi connectivity index (χ0n) is 12.7. The molecule has 2 unspecified atom stereocenters. The molecule has 2 nitrogen and oxygen atoms in total. The van der Waals surface area contributed by atoms with E-state index < -0.39 is 0 Å². The van der Waals surface area contributed by atoms with Crippen LogP contribution in [-0.2, 0) is 6.42 Å². The van der Waals surface area contributed by atoms with Crippen molar-refractivity contribution >= 4 is 0 Å². The highest BCUT2D eigenvalue weighted by Gasteiger charge is 2.06. The summed E-state index contributed by atoms with van der Waals surface area (Å²) >= 11 is 0. The van der Waals surface area contributed by atoms with Gasteiger partial charge in [0.1, 0.15) is 0 Å². The lowest BCUT2D eigenvalue weighted by Gasteiger charge is -2.16. The summed E-state index contributed by atoms with van der Waals surface area (Å²) in [7, 11) is 0. The van der Waals surface area contributed by atoms with Gasteiger partial charge in [-0.3, -0.25) is 0 Å². The average Bonchev–Trinajstić information content (AvgIpc) is 2.45. The predicted molar refractivity (Wildman–Crippen MR) is 82.4 cm³/mol. The van der Waals surface area contributed by atoms with Crippen molar-refractivity contribution in [2.75, 3.05) is 6.54 Å². The maximum atomic E-state index is 9.52. The average molecular weight is 263 g/mol. The summed E-state index contributed by atoms with van der Waals surface area (Å²) in [5.41, 5.74) is 2.76. The molecule has 0 amide bonds. The Kier molecular flexibility index (Phi) is 7.76. The summed E-state index contributed by atoms with van der Waals surface area (Å²) in [5, 5.41) is 13.0. The van der Waals surface area contributed by atoms with Crippen LogP contribution in [0.4, 0.5) is 0 Å². The molecule has 0 aliphatic carbocycles. The second kappa shape index (κ2) is 9.11. The number of rotatable bonds is 9. The van der Waals surface area contributed by atoms with Crippen LogP contribution in [0.3, 0.4) is 0 Å². The molecule has 0 aromatic heterocycles. The Bertz CT molecular complexity index is 334. The summed E-state index contributed by atoms with van der Waals surface area (Å²) < 4.78 is 0. The first kappa shape index (κ1) is 16.2. The van der Waals surface area contributed by atoms with Crippen molar-refractivity contribution in [1.29, 1.82) is 0 Å². The van der Waals surface area contributed by atoms with Crippen molar-refractivity contribution in [3.05, 3.63) is 35.4 Å². The molecule has 1 rings (SSSR count). The van der Waals surface area contributed by atoms with Gasteiger partial charge in [-0.25, -0.2) is 0 Å². The highest BCUT2D eigenvalue weighted by Crippen LogP contribution is 2.14. The molecule has 0 saturated carbocycles. The minimum absolute atomic E-state index is 0.170. The van der Waals surface area contributed by atoms with E-state index in [1.165, 1.54) is 30.4 Å². The maximum absolute atomic E-state index is 9.52. The molecule has 0 heterocycles. The Labute approximate surface area is 118 Å². The molecule has 0 aliphatic heterocycles. The van der Waals surface area contributed by atoms with E-state index in [2.05, 4.69) is 43.4 Å². The van der Waals surface area contributed by atoms with Crippen molar-refractivity contribution in [1.82, 2.24) is 5.32 Å².